The Balaban J connectivity index is 1.44. The molecule has 0 aliphatic heterocycles. The molecule has 4 rings (SSSR count). The molecule has 0 N–H and O–H groups in total. The van der Waals surface area contributed by atoms with Crippen LogP contribution in [0, 0.1) is 6.92 Å². The van der Waals surface area contributed by atoms with Crippen molar-refractivity contribution in [3.05, 3.63) is 89.0 Å². The first-order valence-corrected chi connectivity index (χ1v) is 13.0. The summed E-state index contributed by atoms with van der Waals surface area (Å²) in [5.74, 6) is -0.00200. The molecule has 3 aromatic carbocycles. The van der Waals surface area contributed by atoms with Crippen LogP contribution in [0.5, 0.6) is 0 Å². The molecule has 4 aromatic rings. The lowest BCUT2D eigenvalue weighted by atomic mass is 10.0. The zero-order valence-electron chi connectivity index (χ0n) is 18.3. The number of carbonyl (C=O) groups is 1. The fourth-order valence-electron chi connectivity index (χ4n) is 3.39. The van der Waals surface area contributed by atoms with Crippen molar-refractivity contribution in [2.75, 3.05) is 0 Å². The van der Waals surface area contributed by atoms with Gasteiger partial charge in [-0.1, -0.05) is 54.6 Å². The Labute approximate surface area is 192 Å². The average molecular weight is 464 g/mol. The van der Waals surface area contributed by atoms with Gasteiger partial charge in [0.2, 0.25) is 0 Å². The van der Waals surface area contributed by atoms with Crippen molar-refractivity contribution >= 4 is 37.2 Å². The van der Waals surface area contributed by atoms with Gasteiger partial charge in [0.15, 0.2) is 15.6 Å². The topological polar surface area (TPSA) is 64.1 Å². The highest BCUT2D eigenvalue weighted by molar-refractivity contribution is 7.91. The Morgan fingerprint density at radius 1 is 0.938 bits per heavy atom. The molecular weight excluding hydrogens is 438 g/mol. The number of Topliss-reactive ketones (excluding diaryl/α,β-unsaturated/α-hetero) is 1. The van der Waals surface area contributed by atoms with Gasteiger partial charge in [0, 0.05) is 17.5 Å². The van der Waals surface area contributed by atoms with Crippen LogP contribution in [0.4, 0.5) is 0 Å². The molecule has 0 aliphatic rings. The highest BCUT2D eigenvalue weighted by Gasteiger charge is 2.17. The van der Waals surface area contributed by atoms with E-state index >= 15 is 0 Å². The van der Waals surface area contributed by atoms with Gasteiger partial charge < -0.3 is 0 Å². The number of rotatable bonds is 7. The van der Waals surface area contributed by atoms with Crippen LogP contribution in [0.3, 0.4) is 0 Å². The van der Waals surface area contributed by atoms with E-state index in [4.69, 9.17) is 4.98 Å². The minimum absolute atomic E-state index is 0.00600. The number of nitrogens with zero attached hydrogens (tertiary/aromatic N) is 1. The second kappa shape index (κ2) is 8.96. The van der Waals surface area contributed by atoms with E-state index < -0.39 is 15.1 Å². The highest BCUT2D eigenvalue weighted by Crippen LogP contribution is 2.31. The number of sulfone groups is 1. The molecule has 0 radical (unpaired) electrons. The monoisotopic (exact) mass is 463 g/mol. The molecule has 0 saturated carbocycles. The van der Waals surface area contributed by atoms with Crippen LogP contribution in [0.1, 0.15) is 40.9 Å². The summed E-state index contributed by atoms with van der Waals surface area (Å²) in [6.07, 6.45) is 0.295. The number of thiazole rings is 1. The smallest absolute Gasteiger partial charge is 0.167 e. The van der Waals surface area contributed by atoms with Gasteiger partial charge in [-0.2, -0.15) is 0 Å². The molecule has 0 fully saturated rings. The van der Waals surface area contributed by atoms with Crippen molar-refractivity contribution in [3.8, 4) is 10.6 Å². The molecule has 1 heterocycles. The number of carbonyl (C=O) groups excluding carboxylic acids is 1. The van der Waals surface area contributed by atoms with Crippen LogP contribution in [-0.4, -0.2) is 24.4 Å². The number of ketones is 1. The van der Waals surface area contributed by atoms with E-state index in [0.29, 0.717) is 17.5 Å². The third-order valence-electron chi connectivity index (χ3n) is 5.47. The van der Waals surface area contributed by atoms with Gasteiger partial charge in [-0.25, -0.2) is 13.4 Å². The zero-order chi connectivity index (χ0) is 22.9. The van der Waals surface area contributed by atoms with Gasteiger partial charge in [-0.15, -0.1) is 11.3 Å². The maximum Gasteiger partial charge on any atom is 0.167 e. The summed E-state index contributed by atoms with van der Waals surface area (Å²) < 4.78 is 25.3. The van der Waals surface area contributed by atoms with Crippen LogP contribution in [0.2, 0.25) is 0 Å². The number of hydrogen-bond acceptors (Lipinski definition) is 5. The first-order chi connectivity index (χ1) is 15.2. The van der Waals surface area contributed by atoms with E-state index in [0.717, 1.165) is 21.7 Å². The van der Waals surface area contributed by atoms with E-state index in [1.165, 1.54) is 10.3 Å². The molecule has 32 heavy (non-hydrogen) atoms. The van der Waals surface area contributed by atoms with Gasteiger partial charge in [-0.05, 0) is 49.6 Å². The van der Waals surface area contributed by atoms with E-state index in [9.17, 15) is 13.2 Å². The fraction of sp³-hybridized carbons (Fsp3) is 0.231. The van der Waals surface area contributed by atoms with Crippen molar-refractivity contribution in [1.82, 2.24) is 4.98 Å². The van der Waals surface area contributed by atoms with Gasteiger partial charge in [0.05, 0.1) is 21.2 Å². The van der Waals surface area contributed by atoms with Crippen molar-refractivity contribution < 1.29 is 13.2 Å². The van der Waals surface area contributed by atoms with Crippen LogP contribution in [0.25, 0.3) is 20.8 Å². The predicted molar refractivity (Wildman–Crippen MR) is 132 cm³/mol. The van der Waals surface area contributed by atoms with Gasteiger partial charge in [0.1, 0.15) is 5.01 Å². The summed E-state index contributed by atoms with van der Waals surface area (Å²) in [5.41, 5.74) is 5.47. The van der Waals surface area contributed by atoms with Gasteiger partial charge in [-0.3, -0.25) is 4.79 Å². The molecule has 0 unspecified atom stereocenters. The molecular formula is C26H25NO3S2. The fourth-order valence-corrected chi connectivity index (χ4v) is 5.45. The van der Waals surface area contributed by atoms with Crippen molar-refractivity contribution in [1.29, 1.82) is 0 Å². The molecule has 0 spiro atoms. The second-order valence-electron chi connectivity index (χ2n) is 8.34. The summed E-state index contributed by atoms with van der Waals surface area (Å²) in [6, 6.07) is 21.1. The summed E-state index contributed by atoms with van der Waals surface area (Å²) in [5, 5.41) is 0.550. The maximum absolute atomic E-state index is 12.7. The largest absolute Gasteiger partial charge is 0.294 e. The number of aryl methyl sites for hydroxylation is 1. The number of benzene rings is 3. The summed E-state index contributed by atoms with van der Waals surface area (Å²) in [6.45, 7) is 5.43. The lowest BCUT2D eigenvalue weighted by Gasteiger charge is -2.08. The SMILES string of the molecule is Cc1ccc2nc(-c3ccc(CC(=O)c4ccc(CS(=O)(=O)C(C)C)cc4)cc3)sc2c1. The average Bonchev–Trinajstić information content (AvgIpc) is 3.17. The van der Waals surface area contributed by atoms with Crippen molar-refractivity contribution in [3.63, 3.8) is 0 Å². The van der Waals surface area contributed by atoms with E-state index in [2.05, 4.69) is 19.1 Å². The standard InChI is InChI=1S/C26H25NO3S2/c1-17(2)32(29,30)16-20-7-9-21(10-8-20)24(28)15-19-5-11-22(12-6-19)26-27-23-13-4-18(3)14-25(23)31-26/h4-14,17H,15-16H2,1-3H3. The first kappa shape index (κ1) is 22.4. The summed E-state index contributed by atoms with van der Waals surface area (Å²) in [4.78, 5) is 17.4. The Morgan fingerprint density at radius 3 is 2.25 bits per heavy atom. The van der Waals surface area contributed by atoms with E-state index in [-0.39, 0.29) is 11.5 Å². The molecule has 0 saturated heterocycles. The van der Waals surface area contributed by atoms with Crippen LogP contribution in [-0.2, 0) is 22.0 Å². The minimum Gasteiger partial charge on any atom is -0.294 e. The normalized spacial score (nSPS) is 11.9. The second-order valence-corrected chi connectivity index (χ2v) is 11.9. The molecule has 0 amide bonds. The summed E-state index contributed by atoms with van der Waals surface area (Å²) in [7, 11) is -3.16. The van der Waals surface area contributed by atoms with Crippen LogP contribution >= 0.6 is 11.3 Å². The third-order valence-corrected chi connectivity index (χ3v) is 8.71. The predicted octanol–water partition coefficient (Wildman–Crippen LogP) is 6.02. The maximum atomic E-state index is 12.7. The Morgan fingerprint density at radius 2 is 1.59 bits per heavy atom. The van der Waals surface area contributed by atoms with Crippen molar-refractivity contribution in [2.24, 2.45) is 0 Å². The lowest BCUT2D eigenvalue weighted by molar-refractivity contribution is 0.0993. The van der Waals surface area contributed by atoms with Gasteiger partial charge >= 0.3 is 0 Å². The molecule has 0 bridgehead atoms. The van der Waals surface area contributed by atoms with E-state index in [1.54, 1.807) is 49.4 Å². The molecule has 6 heteroatoms. The van der Waals surface area contributed by atoms with Crippen LogP contribution < -0.4 is 0 Å². The number of fused-ring (bicyclic) bond motifs is 1. The number of aromatic nitrogens is 1. The number of hydrogen-bond donors (Lipinski definition) is 0. The first-order valence-electron chi connectivity index (χ1n) is 10.5. The minimum atomic E-state index is -3.16. The third kappa shape index (κ3) is 4.97. The Hall–Kier alpha value is -2.83. The molecule has 164 valence electrons. The van der Waals surface area contributed by atoms with Crippen molar-refractivity contribution in [2.45, 2.75) is 38.2 Å². The van der Waals surface area contributed by atoms with Crippen LogP contribution in [0.15, 0.2) is 66.7 Å². The Kier molecular flexibility index (Phi) is 6.26. The molecule has 0 atom stereocenters. The molecule has 1 aromatic heterocycles. The quantitative estimate of drug-likeness (QED) is 0.314. The highest BCUT2D eigenvalue weighted by atomic mass is 32.2. The zero-order valence-corrected chi connectivity index (χ0v) is 20.0. The van der Waals surface area contributed by atoms with E-state index in [1.807, 2.05) is 30.3 Å². The molecule has 0 aliphatic carbocycles. The van der Waals surface area contributed by atoms with Gasteiger partial charge in [0.25, 0.3) is 0 Å². The Bertz CT molecular complexity index is 1370. The lowest BCUT2D eigenvalue weighted by Crippen LogP contribution is -2.16. The molecule has 4 nitrogen and oxygen atoms in total. The summed E-state index contributed by atoms with van der Waals surface area (Å²) >= 11 is 1.67.